The van der Waals surface area contributed by atoms with Gasteiger partial charge in [-0.1, -0.05) is 6.92 Å². The van der Waals surface area contributed by atoms with Crippen molar-refractivity contribution >= 4 is 11.8 Å². The molecule has 0 fully saturated rings. The Labute approximate surface area is 86.1 Å². The van der Waals surface area contributed by atoms with Gasteiger partial charge in [-0.2, -0.15) is 17.0 Å². The second-order valence-corrected chi connectivity index (χ2v) is 5.08. The van der Waals surface area contributed by atoms with E-state index in [1.807, 2.05) is 18.7 Å². The molecule has 76 valence electrons. The molecule has 0 aromatic rings. The molecule has 0 heterocycles. The van der Waals surface area contributed by atoms with Crippen LogP contribution in [0.15, 0.2) is 0 Å². The van der Waals surface area contributed by atoms with E-state index in [1.54, 1.807) is 0 Å². The zero-order valence-electron chi connectivity index (χ0n) is 9.05. The molecule has 1 N–H and O–H groups in total. The molecule has 3 heteroatoms. The highest BCUT2D eigenvalue weighted by Gasteiger charge is 2.23. The Hall–Kier alpha value is -0.200. The van der Waals surface area contributed by atoms with Crippen molar-refractivity contribution in [2.24, 2.45) is 0 Å². The minimum atomic E-state index is -0.351. The molecule has 0 radical (unpaired) electrons. The van der Waals surface area contributed by atoms with E-state index >= 15 is 0 Å². The summed E-state index contributed by atoms with van der Waals surface area (Å²) in [5, 5.41) is 12.3. The van der Waals surface area contributed by atoms with Crippen LogP contribution in [-0.4, -0.2) is 23.1 Å². The van der Waals surface area contributed by atoms with Gasteiger partial charge in [0.25, 0.3) is 0 Å². The molecule has 0 aliphatic heterocycles. The minimum absolute atomic E-state index is 0.351. The molecule has 0 aromatic carbocycles. The average molecular weight is 200 g/mol. The first-order chi connectivity index (χ1) is 6.04. The van der Waals surface area contributed by atoms with Gasteiger partial charge in [0.15, 0.2) is 0 Å². The zero-order chi connectivity index (χ0) is 10.3. The normalized spacial score (nSPS) is 15.4. The molecule has 13 heavy (non-hydrogen) atoms. The lowest BCUT2D eigenvalue weighted by Crippen LogP contribution is -2.45. The summed E-state index contributed by atoms with van der Waals surface area (Å²) in [6.45, 7) is 8.26. The van der Waals surface area contributed by atoms with Gasteiger partial charge in [-0.15, -0.1) is 0 Å². The quantitative estimate of drug-likeness (QED) is 0.669. The van der Waals surface area contributed by atoms with E-state index in [2.05, 4.69) is 32.2 Å². The largest absolute Gasteiger partial charge is 0.297 e. The smallest absolute Gasteiger partial charge is 0.104 e. The van der Waals surface area contributed by atoms with E-state index in [0.29, 0.717) is 6.04 Å². The van der Waals surface area contributed by atoms with Gasteiger partial charge in [0, 0.05) is 6.04 Å². The second kappa shape index (κ2) is 6.28. The van der Waals surface area contributed by atoms with Crippen molar-refractivity contribution < 1.29 is 0 Å². The number of nitrogens with one attached hydrogen (secondary N) is 1. The van der Waals surface area contributed by atoms with Crippen LogP contribution >= 0.6 is 11.8 Å². The number of hydrogen-bond acceptors (Lipinski definition) is 3. The minimum Gasteiger partial charge on any atom is -0.297 e. The number of rotatable bonds is 6. The molecular formula is C10H20N2S. The zero-order valence-corrected chi connectivity index (χ0v) is 9.87. The lowest BCUT2D eigenvalue weighted by molar-refractivity contribution is 0.397. The van der Waals surface area contributed by atoms with Crippen molar-refractivity contribution in [1.82, 2.24) is 5.32 Å². The lowest BCUT2D eigenvalue weighted by Gasteiger charge is -2.25. The molecule has 0 aliphatic rings. The molecule has 1 unspecified atom stereocenters. The van der Waals surface area contributed by atoms with Crippen LogP contribution in [0, 0.1) is 11.3 Å². The van der Waals surface area contributed by atoms with Crippen LogP contribution in [-0.2, 0) is 0 Å². The topological polar surface area (TPSA) is 35.8 Å². The van der Waals surface area contributed by atoms with Crippen molar-refractivity contribution in [2.75, 3.05) is 11.5 Å². The summed E-state index contributed by atoms with van der Waals surface area (Å²) in [5.74, 6) is 2.18. The summed E-state index contributed by atoms with van der Waals surface area (Å²) in [6, 6.07) is 2.72. The van der Waals surface area contributed by atoms with Crippen LogP contribution in [0.1, 0.15) is 34.1 Å². The molecule has 0 saturated heterocycles. The molecule has 0 aliphatic carbocycles. The average Bonchev–Trinajstić information content (AvgIpc) is 2.04. The molecule has 0 aromatic heterocycles. The Morgan fingerprint density at radius 3 is 2.54 bits per heavy atom. The highest BCUT2D eigenvalue weighted by molar-refractivity contribution is 7.99. The van der Waals surface area contributed by atoms with Gasteiger partial charge in [0.05, 0.1) is 6.07 Å². The fourth-order valence-corrected chi connectivity index (χ4v) is 2.06. The molecule has 2 nitrogen and oxygen atoms in total. The van der Waals surface area contributed by atoms with Crippen LogP contribution in [0.3, 0.4) is 0 Å². The summed E-state index contributed by atoms with van der Waals surface area (Å²) < 4.78 is 0. The van der Waals surface area contributed by atoms with E-state index in [-0.39, 0.29) is 5.54 Å². The van der Waals surface area contributed by atoms with E-state index in [9.17, 15) is 0 Å². The van der Waals surface area contributed by atoms with Crippen molar-refractivity contribution in [3.05, 3.63) is 0 Å². The number of nitriles is 1. The Kier molecular flexibility index (Phi) is 6.19. The lowest BCUT2D eigenvalue weighted by atomic mass is 10.0. The molecule has 0 bridgehead atoms. The predicted molar refractivity (Wildman–Crippen MR) is 59.9 cm³/mol. The summed E-state index contributed by atoms with van der Waals surface area (Å²) in [5.41, 5.74) is -0.351. The fraction of sp³-hybridized carbons (Fsp3) is 0.900. The SMILES string of the molecule is CCSCCC(C)(C#N)NC(C)C. The van der Waals surface area contributed by atoms with Gasteiger partial charge in [-0.05, 0) is 38.7 Å². The van der Waals surface area contributed by atoms with Gasteiger partial charge >= 0.3 is 0 Å². The fourth-order valence-electron chi connectivity index (χ4n) is 1.22. The number of thioether (sulfide) groups is 1. The van der Waals surface area contributed by atoms with Crippen molar-refractivity contribution in [3.63, 3.8) is 0 Å². The third kappa shape index (κ3) is 5.95. The number of hydrogen-bond donors (Lipinski definition) is 1. The third-order valence-electron chi connectivity index (χ3n) is 1.80. The summed E-state index contributed by atoms with van der Waals surface area (Å²) in [4.78, 5) is 0. The molecule has 0 spiro atoms. The van der Waals surface area contributed by atoms with Crippen LogP contribution < -0.4 is 5.32 Å². The van der Waals surface area contributed by atoms with Gasteiger partial charge < -0.3 is 0 Å². The maximum absolute atomic E-state index is 9.01. The predicted octanol–water partition coefficient (Wildman–Crippen LogP) is 2.41. The second-order valence-electron chi connectivity index (χ2n) is 3.69. The first kappa shape index (κ1) is 12.8. The van der Waals surface area contributed by atoms with Crippen LogP contribution in [0.2, 0.25) is 0 Å². The molecule has 0 saturated carbocycles. The van der Waals surface area contributed by atoms with Crippen molar-refractivity contribution in [3.8, 4) is 6.07 Å². The summed E-state index contributed by atoms with van der Waals surface area (Å²) in [6.07, 6.45) is 0.917. The third-order valence-corrected chi connectivity index (χ3v) is 2.71. The summed E-state index contributed by atoms with van der Waals surface area (Å²) >= 11 is 1.89. The van der Waals surface area contributed by atoms with Gasteiger partial charge in [-0.3, -0.25) is 5.32 Å². The van der Waals surface area contributed by atoms with Crippen LogP contribution in [0.5, 0.6) is 0 Å². The van der Waals surface area contributed by atoms with Crippen LogP contribution in [0.25, 0.3) is 0 Å². The summed E-state index contributed by atoms with van der Waals surface area (Å²) in [7, 11) is 0. The van der Waals surface area contributed by atoms with E-state index < -0.39 is 0 Å². The van der Waals surface area contributed by atoms with Gasteiger partial charge in [-0.25, -0.2) is 0 Å². The number of nitrogens with zero attached hydrogens (tertiary/aromatic N) is 1. The Bertz CT molecular complexity index is 174. The van der Waals surface area contributed by atoms with E-state index in [4.69, 9.17) is 5.26 Å². The van der Waals surface area contributed by atoms with Gasteiger partial charge in [0.1, 0.15) is 5.54 Å². The standard InChI is InChI=1S/C10H20N2S/c1-5-13-7-6-10(4,8-11)12-9(2)3/h9,12H,5-7H2,1-4H3. The Morgan fingerprint density at radius 1 is 1.54 bits per heavy atom. The first-order valence-corrected chi connectivity index (χ1v) is 5.96. The molecule has 1 atom stereocenters. The molecule has 0 amide bonds. The van der Waals surface area contributed by atoms with Gasteiger partial charge in [0.2, 0.25) is 0 Å². The Balaban J connectivity index is 3.91. The molecule has 0 rings (SSSR count). The van der Waals surface area contributed by atoms with Crippen molar-refractivity contribution in [1.29, 1.82) is 5.26 Å². The first-order valence-electron chi connectivity index (χ1n) is 4.80. The van der Waals surface area contributed by atoms with E-state index in [1.165, 1.54) is 0 Å². The molecular weight excluding hydrogens is 180 g/mol. The highest BCUT2D eigenvalue weighted by Crippen LogP contribution is 2.13. The maximum Gasteiger partial charge on any atom is 0.104 e. The van der Waals surface area contributed by atoms with Crippen LogP contribution in [0.4, 0.5) is 0 Å². The highest BCUT2D eigenvalue weighted by atomic mass is 32.2. The van der Waals surface area contributed by atoms with Crippen molar-refractivity contribution in [2.45, 2.75) is 45.7 Å². The maximum atomic E-state index is 9.01. The Morgan fingerprint density at radius 2 is 2.15 bits per heavy atom. The monoisotopic (exact) mass is 200 g/mol. The van der Waals surface area contributed by atoms with E-state index in [0.717, 1.165) is 17.9 Å².